The number of hydrogen-bond acceptors (Lipinski definition) is 6. The Morgan fingerprint density at radius 2 is 0.769 bits per heavy atom. The normalized spacial score (nSPS) is 12.1. The maximum Gasteiger partial charge on any atom is 0.261 e. The van der Waals surface area contributed by atoms with E-state index >= 15 is 0 Å². The molecule has 0 atom stereocenters. The van der Waals surface area contributed by atoms with E-state index in [1.165, 1.54) is 38.4 Å². The molecule has 0 saturated carbocycles. The van der Waals surface area contributed by atoms with Crippen LogP contribution in [0, 0.1) is 0 Å². The zero-order valence-electron chi connectivity index (χ0n) is 13.7. The number of hydrogen-bond donors (Lipinski definition) is 0. The van der Waals surface area contributed by atoms with Gasteiger partial charge in [0.05, 0.1) is 43.6 Å². The van der Waals surface area contributed by atoms with Gasteiger partial charge in [-0.25, -0.2) is 9.97 Å². The third kappa shape index (κ3) is 1.62. The molecule has 0 radical (unpaired) electrons. The Morgan fingerprint density at radius 1 is 0.538 bits per heavy atom. The average molecular weight is 346 g/mol. The van der Waals surface area contributed by atoms with Gasteiger partial charge in [-0.15, -0.1) is 0 Å². The average Bonchev–Trinajstić information content (AvgIpc) is 2.97. The Morgan fingerprint density at radius 3 is 1.00 bits per heavy atom. The van der Waals surface area contributed by atoms with Gasteiger partial charge in [-0.3, -0.25) is 28.3 Å². The molecule has 0 amide bonds. The van der Waals surface area contributed by atoms with Gasteiger partial charge >= 0.3 is 0 Å². The predicted molar refractivity (Wildman–Crippen MR) is 97.5 cm³/mol. The molecule has 0 spiro atoms. The van der Waals surface area contributed by atoms with Crippen LogP contribution in [0.15, 0.2) is 43.4 Å². The van der Waals surface area contributed by atoms with Crippen molar-refractivity contribution in [1.82, 2.24) is 19.1 Å². The Hall–Kier alpha value is -3.68. The van der Waals surface area contributed by atoms with Crippen LogP contribution in [-0.4, -0.2) is 19.1 Å². The van der Waals surface area contributed by atoms with Gasteiger partial charge in [0.1, 0.15) is 0 Å². The maximum absolute atomic E-state index is 12.2. The number of nitrogens with zero attached hydrogens (tertiary/aromatic N) is 4. The molecular weight excluding hydrogens is 336 g/mol. The molecule has 8 heteroatoms. The molecule has 3 heterocycles. The number of aromatic nitrogens is 4. The van der Waals surface area contributed by atoms with E-state index in [1.54, 1.807) is 0 Å². The van der Waals surface area contributed by atoms with Gasteiger partial charge in [-0.1, -0.05) is 0 Å². The molecule has 2 aromatic carbocycles. The van der Waals surface area contributed by atoms with Crippen LogP contribution < -0.4 is 22.2 Å². The molecule has 0 bridgehead atoms. The van der Waals surface area contributed by atoms with Gasteiger partial charge in [-0.05, 0) is 24.3 Å². The van der Waals surface area contributed by atoms with Crippen molar-refractivity contribution in [2.45, 2.75) is 0 Å². The smallest absolute Gasteiger partial charge is 0.261 e. The quantitative estimate of drug-likeness (QED) is 0.368. The highest BCUT2D eigenvalue weighted by atomic mass is 16.2. The summed E-state index contributed by atoms with van der Waals surface area (Å²) in [7, 11) is 2.84. The van der Waals surface area contributed by atoms with Crippen LogP contribution in [0.1, 0.15) is 0 Å². The highest BCUT2D eigenvalue weighted by Crippen LogP contribution is 2.22. The first-order valence-electron chi connectivity index (χ1n) is 7.81. The highest BCUT2D eigenvalue weighted by molar-refractivity contribution is 6.00. The van der Waals surface area contributed by atoms with Crippen molar-refractivity contribution >= 4 is 43.6 Å². The van der Waals surface area contributed by atoms with Crippen molar-refractivity contribution in [2.75, 3.05) is 0 Å². The monoisotopic (exact) mass is 346 g/mol. The molecule has 0 saturated heterocycles. The third-order valence-electron chi connectivity index (χ3n) is 4.85. The topological polar surface area (TPSA) is 104 Å². The molecule has 5 rings (SSSR count). The molecule has 0 unspecified atom stereocenters. The van der Waals surface area contributed by atoms with E-state index in [4.69, 9.17) is 0 Å². The van der Waals surface area contributed by atoms with Gasteiger partial charge in [-0.2, -0.15) is 0 Å². The second-order valence-electron chi connectivity index (χ2n) is 6.34. The molecule has 0 N–H and O–H groups in total. The molecule has 0 aliphatic rings. The second kappa shape index (κ2) is 4.48. The Kier molecular flexibility index (Phi) is 2.52. The molecule has 5 aromatic rings. The first-order chi connectivity index (χ1) is 12.4. The summed E-state index contributed by atoms with van der Waals surface area (Å²) in [5.74, 6) is 0. The SMILES string of the molecule is Cn1c(=O)c2cc3nc4cc5c(=O)n(C)c(=O)c5cc4nc3cc2c1=O. The second-order valence-corrected chi connectivity index (χ2v) is 6.34. The number of rotatable bonds is 0. The van der Waals surface area contributed by atoms with Crippen molar-refractivity contribution < 1.29 is 0 Å². The summed E-state index contributed by atoms with van der Waals surface area (Å²) >= 11 is 0. The molecule has 0 aliphatic carbocycles. The fourth-order valence-electron chi connectivity index (χ4n) is 3.39. The summed E-state index contributed by atoms with van der Waals surface area (Å²) in [4.78, 5) is 57.6. The molecule has 26 heavy (non-hydrogen) atoms. The minimum atomic E-state index is -0.384. The Labute approximate surface area is 143 Å². The molecule has 0 aliphatic heterocycles. The lowest BCUT2D eigenvalue weighted by molar-refractivity contribution is 0.856. The van der Waals surface area contributed by atoms with E-state index in [0.717, 1.165) is 9.13 Å². The van der Waals surface area contributed by atoms with Gasteiger partial charge in [0, 0.05) is 14.1 Å². The van der Waals surface area contributed by atoms with Crippen LogP contribution >= 0.6 is 0 Å². The van der Waals surface area contributed by atoms with Crippen LogP contribution in [0.5, 0.6) is 0 Å². The lowest BCUT2D eigenvalue weighted by Gasteiger charge is -2.01. The van der Waals surface area contributed by atoms with Gasteiger partial charge in [0.2, 0.25) is 0 Å². The summed E-state index contributed by atoms with van der Waals surface area (Å²) in [5, 5.41) is 1.13. The van der Waals surface area contributed by atoms with E-state index in [9.17, 15) is 19.2 Å². The molecule has 126 valence electrons. The Balaban J connectivity index is 1.99. The van der Waals surface area contributed by atoms with Crippen LogP contribution in [0.2, 0.25) is 0 Å². The summed E-state index contributed by atoms with van der Waals surface area (Å²) in [5.41, 5.74) is 0.233. The third-order valence-corrected chi connectivity index (χ3v) is 4.85. The van der Waals surface area contributed by atoms with Gasteiger partial charge in [0.25, 0.3) is 22.2 Å². The lowest BCUT2D eigenvalue weighted by atomic mass is 10.1. The standard InChI is InChI=1S/C18H10N4O4/c1-21-15(23)7-3-11-12(4-8(7)16(21)24)20-14-6-10-9(5-13(14)19-11)17(25)22(2)18(10)26/h3-6H,1-2H3. The van der Waals surface area contributed by atoms with Gasteiger partial charge < -0.3 is 0 Å². The zero-order valence-corrected chi connectivity index (χ0v) is 13.7. The Bertz CT molecular complexity index is 1390. The summed E-state index contributed by atoms with van der Waals surface area (Å²) in [6, 6.07) is 6.14. The largest absolute Gasteiger partial charge is 0.277 e. The number of benzene rings is 2. The minimum Gasteiger partial charge on any atom is -0.277 e. The van der Waals surface area contributed by atoms with Gasteiger partial charge in [0.15, 0.2) is 0 Å². The van der Waals surface area contributed by atoms with Crippen molar-refractivity contribution in [3.8, 4) is 0 Å². The molecular formula is C18H10N4O4. The zero-order chi connectivity index (χ0) is 18.3. The van der Waals surface area contributed by atoms with Crippen LogP contribution in [0.4, 0.5) is 0 Å². The minimum absolute atomic E-state index is 0.283. The first-order valence-corrected chi connectivity index (χ1v) is 7.81. The van der Waals surface area contributed by atoms with Crippen LogP contribution in [0.3, 0.4) is 0 Å². The van der Waals surface area contributed by atoms with E-state index in [1.807, 2.05) is 0 Å². The highest BCUT2D eigenvalue weighted by Gasteiger charge is 2.15. The molecule has 3 aromatic heterocycles. The van der Waals surface area contributed by atoms with Crippen molar-refractivity contribution in [2.24, 2.45) is 14.1 Å². The summed E-state index contributed by atoms with van der Waals surface area (Å²) in [6.07, 6.45) is 0. The van der Waals surface area contributed by atoms with Crippen LogP contribution in [0.25, 0.3) is 43.6 Å². The first kappa shape index (κ1) is 14.6. The maximum atomic E-state index is 12.2. The fourth-order valence-corrected chi connectivity index (χ4v) is 3.39. The lowest BCUT2D eigenvalue weighted by Crippen LogP contribution is -2.20. The van der Waals surface area contributed by atoms with E-state index < -0.39 is 0 Å². The predicted octanol–water partition coefficient (Wildman–Crippen LogP) is 0.0828. The van der Waals surface area contributed by atoms with Crippen molar-refractivity contribution in [3.63, 3.8) is 0 Å². The van der Waals surface area contributed by atoms with Crippen molar-refractivity contribution in [1.29, 1.82) is 0 Å². The summed E-state index contributed by atoms with van der Waals surface area (Å²) in [6.45, 7) is 0. The molecule has 8 nitrogen and oxygen atoms in total. The molecule has 0 fully saturated rings. The van der Waals surface area contributed by atoms with E-state index in [2.05, 4.69) is 9.97 Å². The number of fused-ring (bicyclic) bond motifs is 4. The van der Waals surface area contributed by atoms with Crippen LogP contribution in [-0.2, 0) is 14.1 Å². The van der Waals surface area contributed by atoms with Crippen molar-refractivity contribution in [3.05, 3.63) is 65.7 Å². The fraction of sp³-hybridized carbons (Fsp3) is 0.111. The summed E-state index contributed by atoms with van der Waals surface area (Å²) < 4.78 is 2.09. The van der Waals surface area contributed by atoms with E-state index in [0.29, 0.717) is 22.1 Å². The van der Waals surface area contributed by atoms with E-state index in [-0.39, 0.29) is 43.8 Å².